The lowest BCUT2D eigenvalue weighted by Gasteiger charge is -2.21. The molecule has 2 rings (SSSR count). The maximum absolute atomic E-state index is 6.11. The van der Waals surface area contributed by atoms with Crippen molar-refractivity contribution in [3.05, 3.63) is 51.9 Å². The van der Waals surface area contributed by atoms with Crippen molar-refractivity contribution in [1.29, 1.82) is 0 Å². The van der Waals surface area contributed by atoms with E-state index in [-0.39, 0.29) is 6.04 Å². The molecule has 0 aliphatic carbocycles. The van der Waals surface area contributed by atoms with Crippen molar-refractivity contribution in [3.8, 4) is 5.75 Å². The van der Waals surface area contributed by atoms with Gasteiger partial charge in [-0.25, -0.2) is 0 Å². The van der Waals surface area contributed by atoms with Gasteiger partial charge in [-0.1, -0.05) is 29.3 Å². The van der Waals surface area contributed by atoms with Gasteiger partial charge in [-0.3, -0.25) is 0 Å². The van der Waals surface area contributed by atoms with Gasteiger partial charge in [-0.05, 0) is 38.1 Å². The maximum atomic E-state index is 6.11. The Balaban J connectivity index is 2.29. The number of furan rings is 1. The summed E-state index contributed by atoms with van der Waals surface area (Å²) in [5.74, 6) is 1.97. The van der Waals surface area contributed by atoms with E-state index in [4.69, 9.17) is 38.1 Å². The molecule has 0 aliphatic heterocycles. The highest BCUT2D eigenvalue weighted by molar-refractivity contribution is 6.42. The van der Waals surface area contributed by atoms with Gasteiger partial charge in [0.1, 0.15) is 22.3 Å². The molecule has 0 fully saturated rings. The minimum Gasteiger partial charge on any atom is -0.479 e. The molecular weight excluding hydrogens is 285 g/mol. The van der Waals surface area contributed by atoms with Crippen molar-refractivity contribution < 1.29 is 9.15 Å². The number of halogens is 2. The molecule has 19 heavy (non-hydrogen) atoms. The van der Waals surface area contributed by atoms with Gasteiger partial charge in [0.2, 0.25) is 0 Å². The first kappa shape index (κ1) is 14.3. The molecule has 0 bridgehead atoms. The summed E-state index contributed by atoms with van der Waals surface area (Å²) in [6, 6.07) is 8.69. The molecule has 1 aromatic heterocycles. The topological polar surface area (TPSA) is 48.4 Å². The van der Waals surface area contributed by atoms with E-state index in [0.717, 1.165) is 5.76 Å². The highest BCUT2D eigenvalue weighted by Gasteiger charge is 2.23. The maximum Gasteiger partial charge on any atom is 0.171 e. The van der Waals surface area contributed by atoms with Crippen molar-refractivity contribution in [2.24, 2.45) is 5.73 Å². The Kier molecular flexibility index (Phi) is 4.40. The molecule has 0 amide bonds. The molecule has 2 atom stereocenters. The Labute approximate surface area is 122 Å². The van der Waals surface area contributed by atoms with E-state index in [1.807, 2.05) is 26.0 Å². The second-order valence-corrected chi connectivity index (χ2v) is 5.18. The molecule has 0 spiro atoms. The summed E-state index contributed by atoms with van der Waals surface area (Å²) in [6.45, 7) is 3.72. The largest absolute Gasteiger partial charge is 0.479 e. The SMILES string of the molecule is Cc1ccc(C(Oc2cccc(Cl)c2Cl)C(C)N)o1. The Morgan fingerprint density at radius 3 is 2.53 bits per heavy atom. The lowest BCUT2D eigenvalue weighted by atomic mass is 10.1. The number of hydrogen-bond donors (Lipinski definition) is 1. The zero-order valence-corrected chi connectivity index (χ0v) is 12.2. The van der Waals surface area contributed by atoms with E-state index in [2.05, 4.69) is 0 Å². The molecule has 2 N–H and O–H groups in total. The third kappa shape index (κ3) is 3.24. The first-order chi connectivity index (χ1) is 8.99. The van der Waals surface area contributed by atoms with Crippen molar-refractivity contribution in [2.45, 2.75) is 26.0 Å². The highest BCUT2D eigenvalue weighted by atomic mass is 35.5. The minimum atomic E-state index is -0.412. The molecule has 5 heteroatoms. The average Bonchev–Trinajstić information content (AvgIpc) is 2.77. The van der Waals surface area contributed by atoms with Crippen LogP contribution in [0.4, 0.5) is 0 Å². The average molecular weight is 300 g/mol. The van der Waals surface area contributed by atoms with E-state index < -0.39 is 6.10 Å². The number of rotatable bonds is 4. The predicted octanol–water partition coefficient (Wildman–Crippen LogP) is 4.36. The summed E-state index contributed by atoms with van der Waals surface area (Å²) in [6.07, 6.45) is -0.412. The fourth-order valence-electron chi connectivity index (χ4n) is 1.74. The Morgan fingerprint density at radius 2 is 1.95 bits per heavy atom. The van der Waals surface area contributed by atoms with Crippen LogP contribution in [0.25, 0.3) is 0 Å². The summed E-state index contributed by atoms with van der Waals surface area (Å²) in [7, 11) is 0. The van der Waals surface area contributed by atoms with Gasteiger partial charge in [0.05, 0.1) is 5.02 Å². The Hall–Kier alpha value is -1.16. The monoisotopic (exact) mass is 299 g/mol. The van der Waals surface area contributed by atoms with Gasteiger partial charge in [0, 0.05) is 6.04 Å². The van der Waals surface area contributed by atoms with Crippen LogP contribution in [-0.4, -0.2) is 6.04 Å². The van der Waals surface area contributed by atoms with Crippen LogP contribution in [0.15, 0.2) is 34.7 Å². The van der Waals surface area contributed by atoms with Crippen LogP contribution in [0.5, 0.6) is 5.75 Å². The number of ether oxygens (including phenoxy) is 1. The second kappa shape index (κ2) is 5.87. The molecule has 1 heterocycles. The lowest BCUT2D eigenvalue weighted by molar-refractivity contribution is 0.152. The normalized spacial score (nSPS) is 14.2. The molecule has 102 valence electrons. The summed E-state index contributed by atoms with van der Waals surface area (Å²) < 4.78 is 11.4. The summed E-state index contributed by atoms with van der Waals surface area (Å²) in [5, 5.41) is 0.816. The van der Waals surface area contributed by atoms with Crippen LogP contribution in [0, 0.1) is 6.92 Å². The third-order valence-corrected chi connectivity index (χ3v) is 3.49. The smallest absolute Gasteiger partial charge is 0.171 e. The van der Waals surface area contributed by atoms with E-state index in [1.165, 1.54) is 0 Å². The summed E-state index contributed by atoms with van der Waals surface area (Å²) in [5.41, 5.74) is 5.95. The fourth-order valence-corrected chi connectivity index (χ4v) is 2.08. The van der Waals surface area contributed by atoms with Crippen LogP contribution >= 0.6 is 23.2 Å². The number of hydrogen-bond acceptors (Lipinski definition) is 3. The lowest BCUT2D eigenvalue weighted by Crippen LogP contribution is -2.28. The second-order valence-electron chi connectivity index (χ2n) is 4.40. The molecule has 3 nitrogen and oxygen atoms in total. The van der Waals surface area contributed by atoms with E-state index in [9.17, 15) is 0 Å². The number of aryl methyl sites for hydroxylation is 1. The molecule has 1 aromatic carbocycles. The van der Waals surface area contributed by atoms with E-state index >= 15 is 0 Å². The van der Waals surface area contributed by atoms with Gasteiger partial charge in [0.15, 0.2) is 6.10 Å². The number of nitrogens with two attached hydrogens (primary N) is 1. The Bertz CT molecular complexity index is 566. The van der Waals surface area contributed by atoms with Crippen molar-refractivity contribution in [3.63, 3.8) is 0 Å². The van der Waals surface area contributed by atoms with Crippen molar-refractivity contribution in [2.75, 3.05) is 0 Å². The first-order valence-corrected chi connectivity index (χ1v) is 6.67. The van der Waals surface area contributed by atoms with E-state index in [1.54, 1.807) is 18.2 Å². The molecule has 0 radical (unpaired) electrons. The van der Waals surface area contributed by atoms with Gasteiger partial charge >= 0.3 is 0 Å². The fraction of sp³-hybridized carbons (Fsp3) is 0.286. The van der Waals surface area contributed by atoms with E-state index in [0.29, 0.717) is 21.6 Å². The van der Waals surface area contributed by atoms with Crippen LogP contribution in [0.1, 0.15) is 24.5 Å². The highest BCUT2D eigenvalue weighted by Crippen LogP contribution is 2.35. The number of benzene rings is 1. The first-order valence-electron chi connectivity index (χ1n) is 5.91. The van der Waals surface area contributed by atoms with Crippen LogP contribution in [0.2, 0.25) is 10.0 Å². The third-order valence-electron chi connectivity index (χ3n) is 2.69. The Morgan fingerprint density at radius 1 is 1.21 bits per heavy atom. The van der Waals surface area contributed by atoms with Crippen molar-refractivity contribution in [1.82, 2.24) is 0 Å². The summed E-state index contributed by atoms with van der Waals surface area (Å²) in [4.78, 5) is 0. The molecule has 0 saturated carbocycles. The molecule has 2 unspecified atom stereocenters. The minimum absolute atomic E-state index is 0.249. The van der Waals surface area contributed by atoms with Crippen LogP contribution in [0.3, 0.4) is 0 Å². The molecule has 0 aliphatic rings. The molecular formula is C14H15Cl2NO2. The van der Waals surface area contributed by atoms with Crippen LogP contribution < -0.4 is 10.5 Å². The van der Waals surface area contributed by atoms with Gasteiger partial charge < -0.3 is 14.9 Å². The van der Waals surface area contributed by atoms with Gasteiger partial charge in [-0.2, -0.15) is 0 Å². The summed E-state index contributed by atoms with van der Waals surface area (Å²) >= 11 is 12.1. The van der Waals surface area contributed by atoms with Crippen molar-refractivity contribution >= 4 is 23.2 Å². The van der Waals surface area contributed by atoms with Crippen LogP contribution in [-0.2, 0) is 0 Å². The molecule has 2 aromatic rings. The predicted molar refractivity (Wildman–Crippen MR) is 76.9 cm³/mol. The quantitative estimate of drug-likeness (QED) is 0.912. The zero-order chi connectivity index (χ0) is 14.0. The van der Waals surface area contributed by atoms with Gasteiger partial charge in [-0.15, -0.1) is 0 Å². The zero-order valence-electron chi connectivity index (χ0n) is 10.7. The molecule has 0 saturated heterocycles. The van der Waals surface area contributed by atoms with Gasteiger partial charge in [0.25, 0.3) is 0 Å². The standard InChI is InChI=1S/C14H15Cl2NO2/c1-8-6-7-12(18-8)14(9(2)17)19-11-5-3-4-10(15)13(11)16/h3-7,9,14H,17H2,1-2H3.